The lowest BCUT2D eigenvalue weighted by atomic mass is 9.88. The maximum atomic E-state index is 13.8. The molecule has 0 saturated heterocycles. The number of hydrogen-bond acceptors (Lipinski definition) is 2. The first kappa shape index (κ1) is 24.5. The Labute approximate surface area is 201 Å². The highest BCUT2D eigenvalue weighted by atomic mass is 35.5. The van der Waals surface area contributed by atoms with Gasteiger partial charge in [0.05, 0.1) is 0 Å². The van der Waals surface area contributed by atoms with Crippen molar-refractivity contribution in [1.82, 2.24) is 10.2 Å². The molecule has 0 saturated carbocycles. The molecule has 1 atom stereocenters. The van der Waals surface area contributed by atoms with Gasteiger partial charge in [-0.1, -0.05) is 90.5 Å². The first-order valence-electron chi connectivity index (χ1n) is 11.3. The lowest BCUT2D eigenvalue weighted by Crippen LogP contribution is -2.49. The summed E-state index contributed by atoms with van der Waals surface area (Å²) >= 11 is 6.40. The van der Waals surface area contributed by atoms with Crippen LogP contribution in [-0.4, -0.2) is 28.8 Å². The van der Waals surface area contributed by atoms with E-state index in [1.807, 2.05) is 92.7 Å². The zero-order chi connectivity index (χ0) is 23.8. The number of rotatable bonds is 9. The number of carbonyl (C=O) groups is 2. The van der Waals surface area contributed by atoms with Crippen LogP contribution in [0.1, 0.15) is 49.8 Å². The number of nitrogens with one attached hydrogen (secondary N) is 1. The van der Waals surface area contributed by atoms with E-state index in [2.05, 4.69) is 5.32 Å². The molecule has 4 nitrogen and oxygen atoms in total. The predicted molar refractivity (Wildman–Crippen MR) is 134 cm³/mol. The fourth-order valence-corrected chi connectivity index (χ4v) is 4.08. The minimum atomic E-state index is -0.636. The Kier molecular flexibility index (Phi) is 8.67. The molecule has 0 aromatic heterocycles. The van der Waals surface area contributed by atoms with E-state index in [9.17, 15) is 9.59 Å². The zero-order valence-electron chi connectivity index (χ0n) is 19.4. The molecule has 0 aliphatic heterocycles. The Hall–Kier alpha value is -3.11. The number of halogens is 1. The first-order valence-corrected chi connectivity index (χ1v) is 11.7. The van der Waals surface area contributed by atoms with Crippen LogP contribution in [0.4, 0.5) is 0 Å². The molecule has 172 valence electrons. The molecule has 3 aromatic rings. The van der Waals surface area contributed by atoms with E-state index in [-0.39, 0.29) is 36.7 Å². The van der Waals surface area contributed by atoms with E-state index in [4.69, 9.17) is 11.6 Å². The third kappa shape index (κ3) is 6.69. The van der Waals surface area contributed by atoms with Gasteiger partial charge in [-0.15, -0.1) is 0 Å². The van der Waals surface area contributed by atoms with Gasteiger partial charge in [0.25, 0.3) is 0 Å². The highest BCUT2D eigenvalue weighted by molar-refractivity contribution is 6.31. The van der Waals surface area contributed by atoms with E-state index in [0.717, 1.165) is 16.7 Å². The van der Waals surface area contributed by atoms with Gasteiger partial charge >= 0.3 is 0 Å². The van der Waals surface area contributed by atoms with E-state index >= 15 is 0 Å². The summed E-state index contributed by atoms with van der Waals surface area (Å²) in [6.07, 6.45) is 0.248. The van der Waals surface area contributed by atoms with Gasteiger partial charge in [-0.05, 0) is 43.5 Å². The molecule has 3 aromatic carbocycles. The summed E-state index contributed by atoms with van der Waals surface area (Å²) in [7, 11) is 0. The van der Waals surface area contributed by atoms with Crippen LogP contribution in [0.3, 0.4) is 0 Å². The first-order chi connectivity index (χ1) is 15.9. The Balaban J connectivity index is 1.93. The summed E-state index contributed by atoms with van der Waals surface area (Å²) in [4.78, 5) is 28.2. The Morgan fingerprint density at radius 2 is 1.33 bits per heavy atom. The second kappa shape index (κ2) is 11.7. The summed E-state index contributed by atoms with van der Waals surface area (Å²) in [6, 6.07) is 26.8. The molecular weight excluding hydrogens is 432 g/mol. The molecule has 33 heavy (non-hydrogen) atoms. The number of nitrogens with zero attached hydrogens (tertiary/aromatic N) is 1. The molecule has 0 unspecified atom stereocenters. The summed E-state index contributed by atoms with van der Waals surface area (Å²) in [5.41, 5.74) is 2.94. The molecule has 0 aliphatic carbocycles. The second-order valence-electron chi connectivity index (χ2n) is 8.53. The SMILES string of the molecule is CC(C)NC(=O)[C@H](C)N(Cc1ccccc1Cl)C(=O)CC(c1ccccc1)c1ccccc1. The summed E-state index contributed by atoms with van der Waals surface area (Å²) < 4.78 is 0. The Morgan fingerprint density at radius 3 is 1.85 bits per heavy atom. The van der Waals surface area contributed by atoms with Crippen LogP contribution >= 0.6 is 11.6 Å². The van der Waals surface area contributed by atoms with Gasteiger partial charge < -0.3 is 10.2 Å². The maximum absolute atomic E-state index is 13.8. The Bertz CT molecular complexity index is 1010. The van der Waals surface area contributed by atoms with Crippen molar-refractivity contribution in [1.29, 1.82) is 0 Å². The quantitative estimate of drug-likeness (QED) is 0.436. The monoisotopic (exact) mass is 462 g/mol. The van der Waals surface area contributed by atoms with Crippen LogP contribution in [-0.2, 0) is 16.1 Å². The van der Waals surface area contributed by atoms with E-state index in [0.29, 0.717) is 5.02 Å². The molecule has 0 bridgehead atoms. The second-order valence-corrected chi connectivity index (χ2v) is 8.94. The smallest absolute Gasteiger partial charge is 0.242 e. The molecule has 0 radical (unpaired) electrons. The van der Waals surface area contributed by atoms with Gasteiger partial charge in [-0.25, -0.2) is 0 Å². The normalized spacial score (nSPS) is 11.9. The van der Waals surface area contributed by atoms with Crippen molar-refractivity contribution in [3.63, 3.8) is 0 Å². The summed E-state index contributed by atoms with van der Waals surface area (Å²) in [6.45, 7) is 5.85. The van der Waals surface area contributed by atoms with Crippen molar-refractivity contribution in [2.45, 2.75) is 51.7 Å². The van der Waals surface area contributed by atoms with Crippen molar-refractivity contribution < 1.29 is 9.59 Å². The number of benzene rings is 3. The van der Waals surface area contributed by atoms with Gasteiger partial charge in [0.1, 0.15) is 6.04 Å². The minimum Gasteiger partial charge on any atom is -0.352 e. The third-order valence-electron chi connectivity index (χ3n) is 5.68. The van der Waals surface area contributed by atoms with Crippen molar-refractivity contribution >= 4 is 23.4 Å². The van der Waals surface area contributed by atoms with Crippen LogP contribution in [0.25, 0.3) is 0 Å². The van der Waals surface area contributed by atoms with Gasteiger partial charge in [0.2, 0.25) is 11.8 Å². The maximum Gasteiger partial charge on any atom is 0.242 e. The van der Waals surface area contributed by atoms with Crippen LogP contribution in [0.2, 0.25) is 5.02 Å². The van der Waals surface area contributed by atoms with Crippen molar-refractivity contribution in [3.8, 4) is 0 Å². The van der Waals surface area contributed by atoms with Gasteiger partial charge in [-0.3, -0.25) is 9.59 Å². The van der Waals surface area contributed by atoms with Crippen LogP contribution in [0, 0.1) is 0 Å². The molecule has 0 heterocycles. The standard InChI is InChI=1S/C28H31ClN2O2/c1-20(2)30-28(33)21(3)31(19-24-16-10-11-17-26(24)29)27(32)18-25(22-12-6-4-7-13-22)23-14-8-5-9-15-23/h4-17,20-21,25H,18-19H2,1-3H3,(H,30,33)/t21-/m0/s1. The van der Waals surface area contributed by atoms with Gasteiger partial charge in [0.15, 0.2) is 0 Å². The highest BCUT2D eigenvalue weighted by Crippen LogP contribution is 2.30. The van der Waals surface area contributed by atoms with Crippen LogP contribution in [0.5, 0.6) is 0 Å². The van der Waals surface area contributed by atoms with E-state index < -0.39 is 6.04 Å². The molecule has 1 N–H and O–H groups in total. The van der Waals surface area contributed by atoms with Gasteiger partial charge in [-0.2, -0.15) is 0 Å². The number of hydrogen-bond donors (Lipinski definition) is 1. The molecule has 0 fully saturated rings. The fourth-order valence-electron chi connectivity index (χ4n) is 3.89. The van der Waals surface area contributed by atoms with Gasteiger partial charge in [0, 0.05) is 29.9 Å². The molecular formula is C28H31ClN2O2. The molecule has 5 heteroatoms. The average Bonchev–Trinajstić information content (AvgIpc) is 2.82. The van der Waals surface area contributed by atoms with Crippen LogP contribution in [0.15, 0.2) is 84.9 Å². The molecule has 3 rings (SSSR count). The number of carbonyl (C=O) groups excluding carboxylic acids is 2. The van der Waals surface area contributed by atoms with E-state index in [1.54, 1.807) is 17.9 Å². The lowest BCUT2D eigenvalue weighted by molar-refractivity contribution is -0.141. The zero-order valence-corrected chi connectivity index (χ0v) is 20.1. The topological polar surface area (TPSA) is 49.4 Å². The van der Waals surface area contributed by atoms with E-state index in [1.165, 1.54) is 0 Å². The van der Waals surface area contributed by atoms with Crippen molar-refractivity contribution in [3.05, 3.63) is 107 Å². The van der Waals surface area contributed by atoms with Crippen LogP contribution < -0.4 is 5.32 Å². The average molecular weight is 463 g/mol. The molecule has 0 spiro atoms. The van der Waals surface area contributed by atoms with Crippen molar-refractivity contribution in [2.24, 2.45) is 0 Å². The molecule has 0 aliphatic rings. The Morgan fingerprint density at radius 1 is 0.818 bits per heavy atom. The molecule has 2 amide bonds. The predicted octanol–water partition coefficient (Wildman–Crippen LogP) is 5.80. The van der Waals surface area contributed by atoms with Crippen molar-refractivity contribution in [2.75, 3.05) is 0 Å². The lowest BCUT2D eigenvalue weighted by Gasteiger charge is -2.31. The fraction of sp³-hybridized carbons (Fsp3) is 0.286. The summed E-state index contributed by atoms with van der Waals surface area (Å²) in [5.74, 6) is -0.394. The highest BCUT2D eigenvalue weighted by Gasteiger charge is 2.29. The summed E-state index contributed by atoms with van der Waals surface area (Å²) in [5, 5.41) is 3.51. The number of amides is 2. The third-order valence-corrected chi connectivity index (χ3v) is 6.05. The minimum absolute atomic E-state index is 0.0152. The largest absolute Gasteiger partial charge is 0.352 e.